The molecule has 1 fully saturated rings. The summed E-state index contributed by atoms with van der Waals surface area (Å²) >= 11 is 5.87. The monoisotopic (exact) mass is 333 g/mol. The van der Waals surface area contributed by atoms with Crippen LogP contribution in [0, 0.1) is 12.8 Å². The Bertz CT molecular complexity index is 689. The number of carbonyl (C=O) groups excluding carboxylic acids is 1. The van der Waals surface area contributed by atoms with Crippen molar-refractivity contribution in [1.29, 1.82) is 0 Å². The van der Waals surface area contributed by atoms with Crippen molar-refractivity contribution in [3.05, 3.63) is 35.1 Å². The van der Waals surface area contributed by atoms with Crippen LogP contribution in [-0.2, 0) is 11.8 Å². The minimum Gasteiger partial charge on any atom is -0.357 e. The minimum atomic E-state index is 0.0220. The minimum absolute atomic E-state index is 0.0220. The normalized spacial score (nSPS) is 15.7. The Balaban J connectivity index is 1.57. The third-order valence-corrected chi connectivity index (χ3v) is 4.38. The first kappa shape index (κ1) is 15.8. The number of nitrogens with one attached hydrogen (secondary N) is 1. The number of pyridine rings is 1. The summed E-state index contributed by atoms with van der Waals surface area (Å²) in [5.41, 5.74) is 0.895. The molecule has 6 nitrogen and oxygen atoms in total. The van der Waals surface area contributed by atoms with E-state index >= 15 is 0 Å². The van der Waals surface area contributed by atoms with Gasteiger partial charge in [-0.15, -0.1) is 0 Å². The lowest BCUT2D eigenvalue weighted by molar-refractivity contribution is -0.120. The van der Waals surface area contributed by atoms with E-state index in [1.165, 1.54) is 0 Å². The lowest BCUT2D eigenvalue weighted by atomic mass is 9.96. The highest BCUT2D eigenvalue weighted by Crippen LogP contribution is 2.24. The molecule has 2 aromatic heterocycles. The number of carbonyl (C=O) groups is 1. The molecule has 1 amide bonds. The van der Waals surface area contributed by atoms with Gasteiger partial charge in [-0.2, -0.15) is 5.10 Å². The Labute approximate surface area is 140 Å². The molecule has 0 spiro atoms. The van der Waals surface area contributed by atoms with Crippen molar-refractivity contribution >= 4 is 29.1 Å². The van der Waals surface area contributed by atoms with Crippen molar-refractivity contribution in [2.24, 2.45) is 13.0 Å². The van der Waals surface area contributed by atoms with Crippen LogP contribution < -0.4 is 10.2 Å². The summed E-state index contributed by atoms with van der Waals surface area (Å²) in [5, 5.41) is 7.85. The predicted molar refractivity (Wildman–Crippen MR) is 90.8 cm³/mol. The van der Waals surface area contributed by atoms with Crippen LogP contribution in [0.5, 0.6) is 0 Å². The van der Waals surface area contributed by atoms with Gasteiger partial charge in [0.1, 0.15) is 11.6 Å². The molecule has 1 N–H and O–H groups in total. The van der Waals surface area contributed by atoms with Crippen LogP contribution in [-0.4, -0.2) is 33.8 Å². The largest absolute Gasteiger partial charge is 0.357 e. The summed E-state index contributed by atoms with van der Waals surface area (Å²) in [7, 11) is 1.83. The van der Waals surface area contributed by atoms with Gasteiger partial charge >= 0.3 is 0 Å². The third-order valence-electron chi connectivity index (χ3n) is 4.15. The number of anilines is 2. The molecule has 0 atom stereocenters. The Kier molecular flexibility index (Phi) is 4.52. The maximum absolute atomic E-state index is 12.4. The molecule has 0 saturated carbocycles. The van der Waals surface area contributed by atoms with Gasteiger partial charge in [-0.05, 0) is 31.9 Å². The first-order valence-corrected chi connectivity index (χ1v) is 8.09. The fraction of sp³-hybridized carbons (Fsp3) is 0.438. The molecule has 7 heteroatoms. The molecule has 1 aliphatic rings. The van der Waals surface area contributed by atoms with E-state index < -0.39 is 0 Å². The van der Waals surface area contributed by atoms with Crippen molar-refractivity contribution in [2.75, 3.05) is 23.3 Å². The lowest BCUT2D eigenvalue weighted by Crippen LogP contribution is -2.38. The predicted octanol–water partition coefficient (Wildman–Crippen LogP) is 2.63. The highest BCUT2D eigenvalue weighted by molar-refractivity contribution is 6.30. The summed E-state index contributed by atoms with van der Waals surface area (Å²) in [5.74, 6) is 1.75. The van der Waals surface area contributed by atoms with E-state index in [9.17, 15) is 4.79 Å². The first-order chi connectivity index (χ1) is 11.0. The standard InChI is InChI=1S/C16H20ClN5O/c1-11-9-15(21(2)20-11)19-16(23)12-5-7-22(8-6-12)14-4-3-13(17)10-18-14/h3-4,9-10,12H,5-8H2,1-2H3,(H,19,23). The molecule has 0 aliphatic carbocycles. The van der Waals surface area contributed by atoms with Crippen LogP contribution in [0.2, 0.25) is 5.02 Å². The van der Waals surface area contributed by atoms with Crippen molar-refractivity contribution in [3.63, 3.8) is 0 Å². The summed E-state index contributed by atoms with van der Waals surface area (Å²) in [6.07, 6.45) is 3.28. The van der Waals surface area contributed by atoms with Crippen molar-refractivity contribution in [1.82, 2.24) is 14.8 Å². The molecule has 2 aromatic rings. The van der Waals surface area contributed by atoms with Crippen LogP contribution in [0.25, 0.3) is 0 Å². The summed E-state index contributed by atoms with van der Waals surface area (Å²) in [6.45, 7) is 3.54. The molecular formula is C16H20ClN5O. The Morgan fingerprint density at radius 3 is 2.65 bits per heavy atom. The zero-order valence-corrected chi connectivity index (χ0v) is 14.0. The topological polar surface area (TPSA) is 63.1 Å². The molecule has 0 bridgehead atoms. The number of hydrogen-bond acceptors (Lipinski definition) is 4. The zero-order valence-electron chi connectivity index (χ0n) is 13.3. The van der Waals surface area contributed by atoms with Gasteiger partial charge in [-0.25, -0.2) is 4.98 Å². The SMILES string of the molecule is Cc1cc(NC(=O)C2CCN(c3ccc(Cl)cn3)CC2)n(C)n1. The van der Waals surface area contributed by atoms with E-state index in [4.69, 9.17) is 11.6 Å². The number of amides is 1. The van der Waals surface area contributed by atoms with Gasteiger partial charge in [0.15, 0.2) is 0 Å². The number of rotatable bonds is 3. The number of nitrogens with zero attached hydrogens (tertiary/aromatic N) is 4. The van der Waals surface area contributed by atoms with Crippen LogP contribution >= 0.6 is 11.6 Å². The van der Waals surface area contributed by atoms with Gasteiger partial charge in [-0.3, -0.25) is 9.48 Å². The smallest absolute Gasteiger partial charge is 0.228 e. The lowest BCUT2D eigenvalue weighted by Gasteiger charge is -2.32. The fourth-order valence-corrected chi connectivity index (χ4v) is 2.99. The van der Waals surface area contributed by atoms with Gasteiger partial charge in [0, 0.05) is 38.3 Å². The fourth-order valence-electron chi connectivity index (χ4n) is 2.88. The average molecular weight is 334 g/mol. The number of halogens is 1. The molecule has 0 radical (unpaired) electrons. The number of piperidine rings is 1. The molecule has 1 aliphatic heterocycles. The Morgan fingerprint density at radius 1 is 1.35 bits per heavy atom. The van der Waals surface area contributed by atoms with Crippen LogP contribution in [0.15, 0.2) is 24.4 Å². The van der Waals surface area contributed by atoms with E-state index in [0.29, 0.717) is 5.02 Å². The molecule has 23 heavy (non-hydrogen) atoms. The van der Waals surface area contributed by atoms with Gasteiger partial charge in [0.2, 0.25) is 5.91 Å². The second kappa shape index (κ2) is 6.58. The van der Waals surface area contributed by atoms with Crippen molar-refractivity contribution in [3.8, 4) is 0 Å². The van der Waals surface area contributed by atoms with E-state index in [2.05, 4.69) is 20.3 Å². The third kappa shape index (κ3) is 3.64. The van der Waals surface area contributed by atoms with E-state index in [1.54, 1.807) is 10.9 Å². The molecule has 0 aromatic carbocycles. The van der Waals surface area contributed by atoms with Gasteiger partial charge in [0.25, 0.3) is 0 Å². The Hall–Kier alpha value is -2.08. The van der Waals surface area contributed by atoms with E-state index in [1.807, 2.05) is 32.2 Å². The van der Waals surface area contributed by atoms with Gasteiger partial charge < -0.3 is 10.2 Å². The second-order valence-corrected chi connectivity index (χ2v) is 6.32. The Morgan fingerprint density at radius 2 is 2.09 bits per heavy atom. The van der Waals surface area contributed by atoms with Gasteiger partial charge in [0.05, 0.1) is 10.7 Å². The quantitative estimate of drug-likeness (QED) is 0.938. The second-order valence-electron chi connectivity index (χ2n) is 5.88. The highest BCUT2D eigenvalue weighted by Gasteiger charge is 2.26. The van der Waals surface area contributed by atoms with Crippen molar-refractivity contribution < 1.29 is 4.79 Å². The van der Waals surface area contributed by atoms with E-state index in [0.717, 1.165) is 43.3 Å². The molecule has 1 saturated heterocycles. The van der Waals surface area contributed by atoms with Crippen LogP contribution in [0.4, 0.5) is 11.6 Å². The molecule has 3 heterocycles. The van der Waals surface area contributed by atoms with Crippen LogP contribution in [0.3, 0.4) is 0 Å². The number of aryl methyl sites for hydroxylation is 2. The molecular weight excluding hydrogens is 314 g/mol. The first-order valence-electron chi connectivity index (χ1n) is 7.71. The number of aromatic nitrogens is 3. The molecule has 122 valence electrons. The maximum atomic E-state index is 12.4. The molecule has 0 unspecified atom stereocenters. The summed E-state index contributed by atoms with van der Waals surface area (Å²) < 4.78 is 1.69. The molecule has 3 rings (SSSR count). The van der Waals surface area contributed by atoms with E-state index in [-0.39, 0.29) is 11.8 Å². The average Bonchev–Trinajstić information content (AvgIpc) is 2.86. The summed E-state index contributed by atoms with van der Waals surface area (Å²) in [4.78, 5) is 18.9. The van der Waals surface area contributed by atoms with Crippen LogP contribution in [0.1, 0.15) is 18.5 Å². The zero-order chi connectivity index (χ0) is 16.4. The summed E-state index contributed by atoms with van der Waals surface area (Å²) in [6, 6.07) is 5.64. The van der Waals surface area contributed by atoms with Crippen molar-refractivity contribution in [2.45, 2.75) is 19.8 Å². The van der Waals surface area contributed by atoms with Gasteiger partial charge in [-0.1, -0.05) is 11.6 Å². The number of hydrogen-bond donors (Lipinski definition) is 1. The highest BCUT2D eigenvalue weighted by atomic mass is 35.5. The maximum Gasteiger partial charge on any atom is 0.228 e.